The van der Waals surface area contributed by atoms with Crippen LogP contribution in [-0.4, -0.2) is 36.3 Å². The molecule has 1 saturated heterocycles. The van der Waals surface area contributed by atoms with Crippen LogP contribution in [0, 0.1) is 5.92 Å². The molecule has 0 aromatic rings. The highest BCUT2D eigenvalue weighted by molar-refractivity contribution is 6.35. The van der Waals surface area contributed by atoms with E-state index in [2.05, 4.69) is 5.32 Å². The lowest BCUT2D eigenvalue weighted by Crippen LogP contribution is -2.44. The van der Waals surface area contributed by atoms with Gasteiger partial charge < -0.3 is 10.2 Å². The largest absolute Gasteiger partial charge is 0.348 e. The summed E-state index contributed by atoms with van der Waals surface area (Å²) >= 11 is 0. The van der Waals surface area contributed by atoms with Crippen molar-refractivity contribution in [2.75, 3.05) is 19.6 Å². The number of carbonyl (C=O) groups is 2. The fourth-order valence-corrected chi connectivity index (χ4v) is 1.79. The number of likely N-dealkylation sites (tertiary alicyclic amines) is 1. The van der Waals surface area contributed by atoms with Crippen molar-refractivity contribution in [3.05, 3.63) is 0 Å². The fraction of sp³-hybridized carbons (Fsp3) is 0.833. The molecule has 0 spiro atoms. The molecule has 1 rings (SSSR count). The molecule has 1 aliphatic heterocycles. The van der Waals surface area contributed by atoms with Crippen LogP contribution >= 0.6 is 0 Å². The summed E-state index contributed by atoms with van der Waals surface area (Å²) in [4.78, 5) is 25.0. The summed E-state index contributed by atoms with van der Waals surface area (Å²) < 4.78 is 0. The molecule has 0 aromatic heterocycles. The zero-order chi connectivity index (χ0) is 12.0. The van der Waals surface area contributed by atoms with Crippen molar-refractivity contribution < 1.29 is 9.59 Å². The summed E-state index contributed by atoms with van der Waals surface area (Å²) in [6.07, 6.45) is 4.36. The smallest absolute Gasteiger partial charge is 0.311 e. The molecule has 1 fully saturated rings. The van der Waals surface area contributed by atoms with Gasteiger partial charge in [0.2, 0.25) is 0 Å². The zero-order valence-corrected chi connectivity index (χ0v) is 10.3. The van der Waals surface area contributed by atoms with E-state index in [1.165, 1.54) is 0 Å². The van der Waals surface area contributed by atoms with Gasteiger partial charge in [0.1, 0.15) is 0 Å². The van der Waals surface area contributed by atoms with Crippen molar-refractivity contribution in [3.8, 4) is 0 Å². The summed E-state index contributed by atoms with van der Waals surface area (Å²) in [6, 6.07) is 0. The molecule has 92 valence electrons. The highest BCUT2D eigenvalue weighted by Gasteiger charge is 2.22. The fourth-order valence-electron chi connectivity index (χ4n) is 1.79. The van der Waals surface area contributed by atoms with Crippen LogP contribution in [-0.2, 0) is 9.59 Å². The van der Waals surface area contributed by atoms with Gasteiger partial charge in [0.15, 0.2) is 0 Å². The van der Waals surface area contributed by atoms with Gasteiger partial charge in [0, 0.05) is 19.6 Å². The van der Waals surface area contributed by atoms with Crippen LogP contribution in [0.25, 0.3) is 0 Å². The molecule has 0 radical (unpaired) electrons. The number of nitrogens with one attached hydrogen (secondary N) is 1. The first-order chi connectivity index (χ1) is 7.61. The van der Waals surface area contributed by atoms with Gasteiger partial charge >= 0.3 is 11.8 Å². The molecule has 2 amide bonds. The Morgan fingerprint density at radius 3 is 2.19 bits per heavy atom. The van der Waals surface area contributed by atoms with E-state index in [9.17, 15) is 9.59 Å². The Morgan fingerprint density at radius 2 is 1.69 bits per heavy atom. The molecule has 1 N–H and O–H groups in total. The molecular weight excluding hydrogens is 204 g/mol. The van der Waals surface area contributed by atoms with Gasteiger partial charge in [0.05, 0.1) is 0 Å². The number of amides is 2. The second-order valence-electron chi connectivity index (χ2n) is 4.81. The number of nitrogens with zero attached hydrogens (tertiary/aromatic N) is 1. The van der Waals surface area contributed by atoms with Crippen LogP contribution in [0.15, 0.2) is 0 Å². The van der Waals surface area contributed by atoms with E-state index in [-0.39, 0.29) is 5.91 Å². The Labute approximate surface area is 97.4 Å². The first-order valence-corrected chi connectivity index (χ1v) is 6.18. The van der Waals surface area contributed by atoms with E-state index in [1.54, 1.807) is 4.90 Å². The average molecular weight is 226 g/mol. The van der Waals surface area contributed by atoms with Gasteiger partial charge in [-0.15, -0.1) is 0 Å². The number of hydrogen-bond acceptors (Lipinski definition) is 2. The molecule has 0 aromatic carbocycles. The quantitative estimate of drug-likeness (QED) is 0.718. The maximum atomic E-state index is 11.8. The standard InChI is InChI=1S/C12H22N2O2/c1-10(2)9-13-11(15)12(16)14-7-5-3-4-6-8-14/h10H,3-9H2,1-2H3,(H,13,15). The van der Waals surface area contributed by atoms with Crippen LogP contribution in [0.3, 0.4) is 0 Å². The van der Waals surface area contributed by atoms with Crippen molar-refractivity contribution in [1.29, 1.82) is 0 Å². The molecule has 1 heterocycles. The summed E-state index contributed by atoms with van der Waals surface area (Å²) in [7, 11) is 0. The SMILES string of the molecule is CC(C)CNC(=O)C(=O)N1CCCCCC1. The summed E-state index contributed by atoms with van der Waals surface area (Å²) in [6.45, 7) is 6.05. The lowest BCUT2D eigenvalue weighted by atomic mass is 10.2. The van der Waals surface area contributed by atoms with Crippen molar-refractivity contribution >= 4 is 11.8 Å². The molecule has 0 bridgehead atoms. The van der Waals surface area contributed by atoms with Gasteiger partial charge in [-0.2, -0.15) is 0 Å². The minimum absolute atomic E-state index is 0.359. The molecule has 4 heteroatoms. The molecular formula is C12H22N2O2. The number of hydrogen-bond donors (Lipinski definition) is 1. The first-order valence-electron chi connectivity index (χ1n) is 6.18. The summed E-state index contributed by atoms with van der Waals surface area (Å²) in [5, 5.41) is 2.67. The highest BCUT2D eigenvalue weighted by atomic mass is 16.2. The van der Waals surface area contributed by atoms with Gasteiger partial charge in [-0.05, 0) is 18.8 Å². The van der Waals surface area contributed by atoms with E-state index in [1.807, 2.05) is 13.8 Å². The molecule has 0 saturated carbocycles. The number of rotatable bonds is 2. The third-order valence-electron chi connectivity index (χ3n) is 2.76. The highest BCUT2D eigenvalue weighted by Crippen LogP contribution is 2.09. The Balaban J connectivity index is 2.39. The van der Waals surface area contributed by atoms with E-state index < -0.39 is 5.91 Å². The lowest BCUT2D eigenvalue weighted by molar-refractivity contribution is -0.145. The topological polar surface area (TPSA) is 49.4 Å². The minimum atomic E-state index is -0.449. The zero-order valence-electron chi connectivity index (χ0n) is 10.3. The normalized spacial score (nSPS) is 17.1. The Morgan fingerprint density at radius 1 is 1.12 bits per heavy atom. The molecule has 0 atom stereocenters. The second-order valence-corrected chi connectivity index (χ2v) is 4.81. The molecule has 0 aliphatic carbocycles. The minimum Gasteiger partial charge on any atom is -0.348 e. The third kappa shape index (κ3) is 4.21. The molecule has 4 nitrogen and oxygen atoms in total. The van der Waals surface area contributed by atoms with E-state index in [4.69, 9.17) is 0 Å². The maximum Gasteiger partial charge on any atom is 0.311 e. The maximum absolute atomic E-state index is 11.8. The monoisotopic (exact) mass is 226 g/mol. The van der Waals surface area contributed by atoms with Crippen molar-refractivity contribution in [2.24, 2.45) is 5.92 Å². The third-order valence-corrected chi connectivity index (χ3v) is 2.76. The van der Waals surface area contributed by atoms with E-state index in [0.717, 1.165) is 38.8 Å². The molecule has 0 unspecified atom stereocenters. The van der Waals surface area contributed by atoms with Crippen molar-refractivity contribution in [2.45, 2.75) is 39.5 Å². The van der Waals surface area contributed by atoms with Crippen LogP contribution in [0.2, 0.25) is 0 Å². The summed E-state index contributed by atoms with van der Waals surface area (Å²) in [5.74, 6) is -0.431. The Bertz CT molecular complexity index is 243. The Hall–Kier alpha value is -1.06. The van der Waals surface area contributed by atoms with Crippen molar-refractivity contribution in [3.63, 3.8) is 0 Å². The van der Waals surface area contributed by atoms with E-state index >= 15 is 0 Å². The van der Waals surface area contributed by atoms with Crippen LogP contribution in [0.5, 0.6) is 0 Å². The van der Waals surface area contributed by atoms with Crippen molar-refractivity contribution in [1.82, 2.24) is 10.2 Å². The molecule has 16 heavy (non-hydrogen) atoms. The van der Waals surface area contributed by atoms with Gasteiger partial charge in [-0.25, -0.2) is 0 Å². The predicted molar refractivity (Wildman–Crippen MR) is 62.9 cm³/mol. The molecule has 1 aliphatic rings. The van der Waals surface area contributed by atoms with Gasteiger partial charge in [0.25, 0.3) is 0 Å². The number of carbonyl (C=O) groups excluding carboxylic acids is 2. The van der Waals surface area contributed by atoms with Crippen LogP contribution in [0.4, 0.5) is 0 Å². The van der Waals surface area contributed by atoms with Gasteiger partial charge in [-0.1, -0.05) is 26.7 Å². The first kappa shape index (κ1) is 13.0. The second kappa shape index (κ2) is 6.51. The lowest BCUT2D eigenvalue weighted by Gasteiger charge is -2.19. The van der Waals surface area contributed by atoms with Crippen LogP contribution < -0.4 is 5.32 Å². The summed E-state index contributed by atoms with van der Waals surface area (Å²) in [5.41, 5.74) is 0. The van der Waals surface area contributed by atoms with Gasteiger partial charge in [-0.3, -0.25) is 9.59 Å². The van der Waals surface area contributed by atoms with Crippen LogP contribution in [0.1, 0.15) is 39.5 Å². The van der Waals surface area contributed by atoms with E-state index in [0.29, 0.717) is 12.5 Å². The Kier molecular flexibility index (Phi) is 5.29. The predicted octanol–water partition coefficient (Wildman–Crippen LogP) is 1.16. The average Bonchev–Trinajstić information content (AvgIpc) is 2.53.